The molecule has 0 saturated heterocycles. The maximum Gasteiger partial charge on any atom is 0.130 e. The maximum atomic E-state index is 5.93. The molecule has 2 aromatic rings. The van der Waals surface area contributed by atoms with E-state index >= 15 is 0 Å². The van der Waals surface area contributed by atoms with Gasteiger partial charge in [-0.15, -0.1) is 0 Å². The molecule has 0 radical (unpaired) electrons. The molecule has 2 heterocycles. The molecule has 0 saturated carbocycles. The largest absolute Gasteiger partial charge is 0.265 e. The fourth-order valence-corrected chi connectivity index (χ4v) is 1.85. The van der Waals surface area contributed by atoms with E-state index in [9.17, 15) is 0 Å². The predicted molar refractivity (Wildman–Crippen MR) is 65.1 cm³/mol. The molecule has 0 aliphatic heterocycles. The summed E-state index contributed by atoms with van der Waals surface area (Å²) in [7, 11) is 0. The molecule has 0 fully saturated rings. The molecule has 4 heteroatoms. The normalized spacial score (nSPS) is 10.3. The molecule has 2 rings (SSSR count). The van der Waals surface area contributed by atoms with Gasteiger partial charge in [0.1, 0.15) is 5.15 Å². The lowest BCUT2D eigenvalue weighted by molar-refractivity contribution is 1.26. The van der Waals surface area contributed by atoms with Crippen molar-refractivity contribution in [2.45, 2.75) is 5.33 Å². The van der Waals surface area contributed by atoms with Crippen molar-refractivity contribution in [1.82, 2.24) is 9.97 Å². The Morgan fingerprint density at radius 2 is 1.93 bits per heavy atom. The lowest BCUT2D eigenvalue weighted by Crippen LogP contribution is -1.88. The Kier molecular flexibility index (Phi) is 3.34. The van der Waals surface area contributed by atoms with Crippen molar-refractivity contribution in [3.05, 3.63) is 47.4 Å². The third-order valence-electron chi connectivity index (χ3n) is 1.98. The zero-order valence-corrected chi connectivity index (χ0v) is 10.2. The monoisotopic (exact) mass is 282 g/mol. The standard InChI is InChI=1S/C11H8BrClN2/c12-7-8-5-10(15-11(13)6-8)9-1-3-14-4-2-9/h1-6H,7H2. The fourth-order valence-electron chi connectivity index (χ4n) is 1.30. The summed E-state index contributed by atoms with van der Waals surface area (Å²) in [5.41, 5.74) is 3.01. The molecule has 0 N–H and O–H groups in total. The molecule has 0 spiro atoms. The second-order valence-electron chi connectivity index (χ2n) is 3.05. The van der Waals surface area contributed by atoms with Gasteiger partial charge < -0.3 is 0 Å². The van der Waals surface area contributed by atoms with Crippen LogP contribution in [0.3, 0.4) is 0 Å². The number of alkyl halides is 1. The first-order chi connectivity index (χ1) is 7.29. The Morgan fingerprint density at radius 1 is 1.20 bits per heavy atom. The first-order valence-electron chi connectivity index (χ1n) is 4.42. The van der Waals surface area contributed by atoms with Crippen molar-refractivity contribution in [3.8, 4) is 11.3 Å². The molecular weight excluding hydrogens is 275 g/mol. The van der Waals surface area contributed by atoms with E-state index in [1.54, 1.807) is 12.4 Å². The topological polar surface area (TPSA) is 25.8 Å². The highest BCUT2D eigenvalue weighted by atomic mass is 79.9. The van der Waals surface area contributed by atoms with Gasteiger partial charge >= 0.3 is 0 Å². The van der Waals surface area contributed by atoms with Gasteiger partial charge in [-0.3, -0.25) is 4.98 Å². The minimum Gasteiger partial charge on any atom is -0.265 e. The van der Waals surface area contributed by atoms with Crippen molar-refractivity contribution in [1.29, 1.82) is 0 Å². The van der Waals surface area contributed by atoms with E-state index < -0.39 is 0 Å². The average Bonchev–Trinajstić information content (AvgIpc) is 2.29. The number of halogens is 2. The smallest absolute Gasteiger partial charge is 0.130 e. The summed E-state index contributed by atoms with van der Waals surface area (Å²) in [4.78, 5) is 8.23. The minimum absolute atomic E-state index is 0.513. The zero-order valence-electron chi connectivity index (χ0n) is 7.82. The van der Waals surface area contributed by atoms with Crippen LogP contribution >= 0.6 is 27.5 Å². The van der Waals surface area contributed by atoms with Crippen molar-refractivity contribution in [3.63, 3.8) is 0 Å². The first-order valence-corrected chi connectivity index (χ1v) is 5.92. The molecular formula is C11H8BrClN2. The lowest BCUT2D eigenvalue weighted by atomic mass is 10.1. The number of nitrogens with zero attached hydrogens (tertiary/aromatic N) is 2. The molecule has 2 nitrogen and oxygen atoms in total. The van der Waals surface area contributed by atoms with Crippen molar-refractivity contribution >= 4 is 27.5 Å². The molecule has 0 atom stereocenters. The van der Waals surface area contributed by atoms with Crippen LogP contribution in [0.15, 0.2) is 36.7 Å². The molecule has 76 valence electrons. The highest BCUT2D eigenvalue weighted by Gasteiger charge is 2.02. The van der Waals surface area contributed by atoms with Gasteiger partial charge in [0, 0.05) is 23.3 Å². The van der Waals surface area contributed by atoms with Crippen LogP contribution in [-0.2, 0) is 5.33 Å². The molecule has 0 aromatic carbocycles. The summed E-state index contributed by atoms with van der Waals surface area (Å²) in [5.74, 6) is 0. The lowest BCUT2D eigenvalue weighted by Gasteiger charge is -2.03. The maximum absolute atomic E-state index is 5.93. The van der Waals surface area contributed by atoms with E-state index in [2.05, 4.69) is 25.9 Å². The zero-order chi connectivity index (χ0) is 10.7. The van der Waals surface area contributed by atoms with Crippen LogP contribution in [0.25, 0.3) is 11.3 Å². The Labute approximate surface area is 101 Å². The molecule has 0 bridgehead atoms. The minimum atomic E-state index is 0.513. The van der Waals surface area contributed by atoms with Gasteiger partial charge in [0.05, 0.1) is 5.69 Å². The Hall–Kier alpha value is -0.930. The number of hydrogen-bond donors (Lipinski definition) is 0. The van der Waals surface area contributed by atoms with Crippen LogP contribution in [0.1, 0.15) is 5.56 Å². The summed E-state index contributed by atoms with van der Waals surface area (Å²) in [6, 6.07) is 7.68. The molecule has 15 heavy (non-hydrogen) atoms. The number of hydrogen-bond acceptors (Lipinski definition) is 2. The van der Waals surface area contributed by atoms with Gasteiger partial charge in [-0.2, -0.15) is 0 Å². The second-order valence-corrected chi connectivity index (χ2v) is 4.00. The van der Waals surface area contributed by atoms with E-state index in [-0.39, 0.29) is 0 Å². The van der Waals surface area contributed by atoms with Crippen molar-refractivity contribution in [2.24, 2.45) is 0 Å². The van der Waals surface area contributed by atoms with Gasteiger partial charge in [0.25, 0.3) is 0 Å². The third kappa shape index (κ3) is 2.55. The third-order valence-corrected chi connectivity index (χ3v) is 2.83. The molecule has 0 aliphatic carbocycles. The van der Waals surface area contributed by atoms with Crippen LogP contribution in [-0.4, -0.2) is 9.97 Å². The summed E-state index contributed by atoms with van der Waals surface area (Å²) < 4.78 is 0. The predicted octanol–water partition coefficient (Wildman–Crippen LogP) is 3.69. The number of rotatable bonds is 2. The van der Waals surface area contributed by atoms with Crippen LogP contribution in [0.4, 0.5) is 0 Å². The van der Waals surface area contributed by atoms with Gasteiger partial charge in [0.2, 0.25) is 0 Å². The van der Waals surface area contributed by atoms with E-state index in [1.807, 2.05) is 24.3 Å². The number of pyridine rings is 2. The van der Waals surface area contributed by atoms with Crippen LogP contribution < -0.4 is 0 Å². The molecule has 2 aromatic heterocycles. The van der Waals surface area contributed by atoms with Crippen LogP contribution in [0, 0.1) is 0 Å². The van der Waals surface area contributed by atoms with E-state index in [0.29, 0.717) is 5.15 Å². The highest BCUT2D eigenvalue weighted by Crippen LogP contribution is 2.21. The Bertz CT molecular complexity index is 459. The number of aromatic nitrogens is 2. The molecule has 0 unspecified atom stereocenters. The van der Waals surface area contributed by atoms with Gasteiger partial charge in [0.15, 0.2) is 0 Å². The van der Waals surface area contributed by atoms with Crippen molar-refractivity contribution in [2.75, 3.05) is 0 Å². The van der Waals surface area contributed by atoms with Gasteiger partial charge in [-0.1, -0.05) is 27.5 Å². The highest BCUT2D eigenvalue weighted by molar-refractivity contribution is 9.08. The van der Waals surface area contributed by atoms with Crippen LogP contribution in [0.5, 0.6) is 0 Å². The Morgan fingerprint density at radius 3 is 2.60 bits per heavy atom. The SMILES string of the molecule is Clc1cc(CBr)cc(-c2ccncc2)n1. The summed E-state index contributed by atoms with van der Waals surface area (Å²) >= 11 is 9.33. The average molecular weight is 284 g/mol. The van der Waals surface area contributed by atoms with Crippen molar-refractivity contribution < 1.29 is 0 Å². The van der Waals surface area contributed by atoms with E-state index in [4.69, 9.17) is 11.6 Å². The summed E-state index contributed by atoms with van der Waals surface area (Å²) in [6.07, 6.45) is 3.48. The van der Waals surface area contributed by atoms with Gasteiger partial charge in [-0.05, 0) is 29.8 Å². The van der Waals surface area contributed by atoms with Crippen LogP contribution in [0.2, 0.25) is 5.15 Å². The molecule has 0 aliphatic rings. The Balaban J connectivity index is 2.49. The van der Waals surface area contributed by atoms with E-state index in [1.165, 1.54) is 0 Å². The van der Waals surface area contributed by atoms with Gasteiger partial charge in [-0.25, -0.2) is 4.98 Å². The summed E-state index contributed by atoms with van der Waals surface area (Å²) in [5, 5.41) is 1.28. The summed E-state index contributed by atoms with van der Waals surface area (Å²) in [6.45, 7) is 0. The fraction of sp³-hybridized carbons (Fsp3) is 0.0909. The van der Waals surface area contributed by atoms with E-state index in [0.717, 1.165) is 22.2 Å². The quantitative estimate of drug-likeness (QED) is 0.620. The molecule has 0 amide bonds. The second kappa shape index (κ2) is 4.73. The first kappa shape index (κ1) is 10.6.